The van der Waals surface area contributed by atoms with Crippen molar-refractivity contribution >= 4 is 17.9 Å². The van der Waals surface area contributed by atoms with E-state index in [1.54, 1.807) is 25.7 Å². The Morgan fingerprint density at radius 2 is 1.50 bits per heavy atom. The van der Waals surface area contributed by atoms with Crippen LogP contribution < -0.4 is 0 Å². The molecule has 0 amide bonds. The van der Waals surface area contributed by atoms with Crippen LogP contribution in [0.2, 0.25) is 0 Å². The molecule has 7 nitrogen and oxygen atoms in total. The van der Waals surface area contributed by atoms with Gasteiger partial charge in [-0.25, -0.2) is 14.5 Å². The lowest BCUT2D eigenvalue weighted by atomic mass is 10.3. The largest absolute Gasteiger partial charge is 0.466 e. The number of ether oxygens (including phenoxy) is 3. The minimum atomic E-state index is -0.715. The van der Waals surface area contributed by atoms with Crippen molar-refractivity contribution in [2.75, 3.05) is 13.2 Å². The highest BCUT2D eigenvalue weighted by Crippen LogP contribution is 2.11. The zero-order valence-electron chi connectivity index (χ0n) is 13.2. The van der Waals surface area contributed by atoms with Crippen LogP contribution in [-0.2, 0) is 28.6 Å². The van der Waals surface area contributed by atoms with E-state index in [2.05, 4.69) is 13.2 Å². The van der Waals surface area contributed by atoms with E-state index >= 15 is 0 Å². The molecule has 0 fully saturated rings. The van der Waals surface area contributed by atoms with Gasteiger partial charge in [-0.1, -0.05) is 13.2 Å². The Hall–Kier alpha value is -2.15. The number of esters is 3. The molecule has 0 heterocycles. The molecule has 22 heavy (non-hydrogen) atoms. The van der Waals surface area contributed by atoms with E-state index in [1.807, 2.05) is 0 Å². The van der Waals surface area contributed by atoms with E-state index in [0.29, 0.717) is 0 Å². The number of nitrogens with zero attached hydrogens (tertiary/aromatic N) is 1. The first-order valence-electron chi connectivity index (χ1n) is 6.93. The Labute approximate surface area is 130 Å². The molecule has 2 unspecified atom stereocenters. The van der Waals surface area contributed by atoms with E-state index < -0.39 is 30.4 Å². The number of rotatable bonds is 10. The average molecular weight is 313 g/mol. The molecule has 0 spiro atoms. The molecule has 0 N–H and O–H groups in total. The molecular formula is C15H23NO6. The molecule has 0 aromatic heterocycles. The zero-order valence-corrected chi connectivity index (χ0v) is 13.2. The predicted octanol–water partition coefficient (Wildman–Crippen LogP) is 1.39. The van der Waals surface area contributed by atoms with Gasteiger partial charge < -0.3 is 14.2 Å². The van der Waals surface area contributed by atoms with Gasteiger partial charge in [-0.15, -0.1) is 0 Å². The van der Waals surface area contributed by atoms with Gasteiger partial charge in [0.25, 0.3) is 0 Å². The molecule has 124 valence electrons. The van der Waals surface area contributed by atoms with Gasteiger partial charge in [-0.05, 0) is 20.8 Å². The molecule has 0 aromatic rings. The number of hydrogen-bond acceptors (Lipinski definition) is 7. The summed E-state index contributed by atoms with van der Waals surface area (Å²) in [5.41, 5.74) is 0. The quantitative estimate of drug-likeness (QED) is 0.261. The highest BCUT2D eigenvalue weighted by molar-refractivity contribution is 5.81. The van der Waals surface area contributed by atoms with Gasteiger partial charge in [-0.2, -0.15) is 0 Å². The van der Waals surface area contributed by atoms with Crippen molar-refractivity contribution in [2.45, 2.75) is 39.6 Å². The third-order valence-electron chi connectivity index (χ3n) is 2.72. The van der Waals surface area contributed by atoms with Gasteiger partial charge in [0.1, 0.15) is 0 Å². The Bertz CT molecular complexity index is 392. The first-order chi connectivity index (χ1) is 10.3. The minimum Gasteiger partial charge on any atom is -0.466 e. The van der Waals surface area contributed by atoms with Crippen LogP contribution in [0.15, 0.2) is 25.3 Å². The summed E-state index contributed by atoms with van der Waals surface area (Å²) in [4.78, 5) is 35.6. The third-order valence-corrected chi connectivity index (χ3v) is 2.72. The average Bonchev–Trinajstić information content (AvgIpc) is 2.47. The van der Waals surface area contributed by atoms with Crippen LogP contribution in [-0.4, -0.2) is 48.4 Å². The van der Waals surface area contributed by atoms with Crippen molar-refractivity contribution < 1.29 is 28.6 Å². The zero-order chi connectivity index (χ0) is 17.1. The fraction of sp³-hybridized carbons (Fsp3) is 0.533. The van der Waals surface area contributed by atoms with Gasteiger partial charge in [0, 0.05) is 18.7 Å². The third kappa shape index (κ3) is 7.58. The standard InChI is InChI=1S/C15H23NO6/c1-6-13(17)21-11(4)16(10-9-15(19)20-8-3)12(5)22-14(18)7-2/h6-7,11-12H,1-2,8-10H2,3-5H3. The van der Waals surface area contributed by atoms with Gasteiger partial charge in [0.2, 0.25) is 0 Å². The molecular weight excluding hydrogens is 290 g/mol. The van der Waals surface area contributed by atoms with Crippen LogP contribution in [0.1, 0.15) is 27.2 Å². The maximum Gasteiger partial charge on any atom is 0.331 e. The lowest BCUT2D eigenvalue weighted by molar-refractivity contribution is -0.174. The van der Waals surface area contributed by atoms with Crippen LogP contribution in [0.3, 0.4) is 0 Å². The number of carbonyl (C=O) groups is 3. The monoisotopic (exact) mass is 313 g/mol. The highest BCUT2D eigenvalue weighted by atomic mass is 16.6. The van der Waals surface area contributed by atoms with Gasteiger partial charge >= 0.3 is 17.9 Å². The van der Waals surface area contributed by atoms with E-state index in [1.165, 1.54) is 0 Å². The second-order valence-electron chi connectivity index (χ2n) is 4.27. The highest BCUT2D eigenvalue weighted by Gasteiger charge is 2.25. The summed E-state index contributed by atoms with van der Waals surface area (Å²) in [5, 5.41) is 0. The summed E-state index contributed by atoms with van der Waals surface area (Å²) >= 11 is 0. The van der Waals surface area contributed by atoms with Gasteiger partial charge in [0.05, 0.1) is 13.0 Å². The van der Waals surface area contributed by atoms with E-state index in [9.17, 15) is 14.4 Å². The van der Waals surface area contributed by atoms with Gasteiger partial charge in [-0.3, -0.25) is 4.79 Å². The Morgan fingerprint density at radius 1 is 1.05 bits per heavy atom. The molecule has 0 saturated carbocycles. The summed E-state index contributed by atoms with van der Waals surface area (Å²) in [6.45, 7) is 12.0. The van der Waals surface area contributed by atoms with Crippen molar-refractivity contribution in [1.82, 2.24) is 4.90 Å². The van der Waals surface area contributed by atoms with Crippen LogP contribution in [0.4, 0.5) is 0 Å². The molecule has 0 rings (SSSR count). The summed E-state index contributed by atoms with van der Waals surface area (Å²) in [7, 11) is 0. The van der Waals surface area contributed by atoms with Crippen molar-refractivity contribution in [1.29, 1.82) is 0 Å². The fourth-order valence-electron chi connectivity index (χ4n) is 1.68. The van der Waals surface area contributed by atoms with Crippen molar-refractivity contribution in [2.24, 2.45) is 0 Å². The molecule has 0 aliphatic carbocycles. The molecule has 0 bridgehead atoms. The lowest BCUT2D eigenvalue weighted by Gasteiger charge is -2.32. The van der Waals surface area contributed by atoms with E-state index in [4.69, 9.17) is 14.2 Å². The van der Waals surface area contributed by atoms with Crippen LogP contribution in [0.5, 0.6) is 0 Å². The first-order valence-corrected chi connectivity index (χ1v) is 6.93. The van der Waals surface area contributed by atoms with E-state index in [-0.39, 0.29) is 19.6 Å². The van der Waals surface area contributed by atoms with Crippen LogP contribution >= 0.6 is 0 Å². The van der Waals surface area contributed by atoms with Crippen molar-refractivity contribution in [3.63, 3.8) is 0 Å². The minimum absolute atomic E-state index is 0.0692. The second kappa shape index (κ2) is 10.6. The molecule has 7 heteroatoms. The summed E-state index contributed by atoms with van der Waals surface area (Å²) in [5.74, 6) is -1.62. The van der Waals surface area contributed by atoms with Crippen molar-refractivity contribution in [3.8, 4) is 0 Å². The van der Waals surface area contributed by atoms with Crippen LogP contribution in [0, 0.1) is 0 Å². The molecule has 0 aromatic carbocycles. The predicted molar refractivity (Wildman–Crippen MR) is 79.5 cm³/mol. The molecule has 0 radical (unpaired) electrons. The molecule has 2 atom stereocenters. The Balaban J connectivity index is 4.83. The summed E-state index contributed by atoms with van der Waals surface area (Å²) in [6, 6.07) is 0. The van der Waals surface area contributed by atoms with Crippen LogP contribution in [0.25, 0.3) is 0 Å². The molecule has 0 aliphatic heterocycles. The maximum absolute atomic E-state index is 11.5. The summed E-state index contributed by atoms with van der Waals surface area (Å²) < 4.78 is 15.0. The second-order valence-corrected chi connectivity index (χ2v) is 4.27. The Morgan fingerprint density at radius 3 is 1.86 bits per heavy atom. The molecule has 0 saturated heterocycles. The SMILES string of the molecule is C=CC(=O)OC(C)N(CCC(=O)OCC)C(C)OC(=O)C=C. The van der Waals surface area contributed by atoms with Crippen molar-refractivity contribution in [3.05, 3.63) is 25.3 Å². The number of hydrogen-bond donors (Lipinski definition) is 0. The first kappa shape index (κ1) is 19.9. The Kier molecular flexibility index (Phi) is 9.53. The van der Waals surface area contributed by atoms with Gasteiger partial charge in [0.15, 0.2) is 12.5 Å². The normalized spacial score (nSPS) is 12.9. The summed E-state index contributed by atoms with van der Waals surface area (Å²) in [6.07, 6.45) is 0.695. The number of carbonyl (C=O) groups excluding carboxylic acids is 3. The van der Waals surface area contributed by atoms with E-state index in [0.717, 1.165) is 12.2 Å². The smallest absolute Gasteiger partial charge is 0.331 e. The molecule has 0 aliphatic rings. The lowest BCUT2D eigenvalue weighted by Crippen LogP contribution is -2.45. The fourth-order valence-corrected chi connectivity index (χ4v) is 1.68. The maximum atomic E-state index is 11.5. The topological polar surface area (TPSA) is 82.1 Å².